The van der Waals surface area contributed by atoms with E-state index >= 15 is 13.2 Å². The summed E-state index contributed by atoms with van der Waals surface area (Å²) >= 11 is 3.51. The van der Waals surface area contributed by atoms with Crippen molar-refractivity contribution in [2.24, 2.45) is 20.5 Å². The average molecular weight is 2140 g/mol. The molecule has 0 saturated carbocycles. The molecule has 56 heteroatoms. The number of carboxylic acid groups (broad SMARTS) is 1. The van der Waals surface area contributed by atoms with E-state index in [2.05, 4.69) is 67.2 Å². The Hall–Kier alpha value is -15.0. The maximum absolute atomic E-state index is 16.2. The second-order valence-electron chi connectivity index (χ2n) is 28.0. The molecular formula is C82H72F4I2N25NaO24. The van der Waals surface area contributed by atoms with Crippen molar-refractivity contribution in [2.75, 3.05) is 22.1 Å². The third-order valence-corrected chi connectivity index (χ3v) is 21.4. The molecule has 49 nitrogen and oxygen atoms in total. The van der Waals surface area contributed by atoms with Crippen LogP contribution in [0.15, 0.2) is 304 Å². The molecule has 712 valence electrons. The summed E-state index contributed by atoms with van der Waals surface area (Å²) in [5.74, 6) is -5.54. The summed E-state index contributed by atoms with van der Waals surface area (Å²) in [5, 5.41) is 44.0. The number of ether oxygens (including phenoxy) is 9. The number of rotatable bonds is 24. The van der Waals surface area contributed by atoms with Gasteiger partial charge >= 0.3 is 82.2 Å². The molecule has 0 spiro atoms. The van der Waals surface area contributed by atoms with E-state index in [1.54, 1.807) is 160 Å². The van der Waals surface area contributed by atoms with Crippen molar-refractivity contribution in [2.45, 2.75) is 104 Å². The van der Waals surface area contributed by atoms with Crippen LogP contribution in [-0.4, -0.2) is 193 Å². The number of halogens is 6. The number of aromatic nitrogens is 12. The molecule has 0 aliphatic carbocycles. The van der Waals surface area contributed by atoms with Gasteiger partial charge in [-0.2, -0.15) is 9.67 Å². The molecule has 15 rings (SSSR count). The molecule has 4 fully saturated rings. The normalized spacial score (nSPS) is 23.1. The number of esters is 5. The first-order chi connectivity index (χ1) is 65.3. The predicted molar refractivity (Wildman–Crippen MR) is 479 cm³/mol. The van der Waals surface area contributed by atoms with Crippen LogP contribution in [0.25, 0.3) is 47.6 Å². The summed E-state index contributed by atoms with van der Waals surface area (Å²) < 4.78 is 114. The Bertz CT molecular complexity index is 6740. The van der Waals surface area contributed by atoms with Crippen LogP contribution in [0.2, 0.25) is 0 Å². The van der Waals surface area contributed by atoms with Crippen LogP contribution in [0, 0.1) is 0 Å². The predicted octanol–water partition coefficient (Wildman–Crippen LogP) is 5.35. The molecule has 6 aromatic carbocycles. The fourth-order valence-electron chi connectivity index (χ4n) is 12.8. The number of tetrazole rings is 1. The van der Waals surface area contributed by atoms with Gasteiger partial charge in [-0.25, -0.2) is 60.7 Å². The number of hydrogen-bond donors (Lipinski definition) is 5. The first-order valence-electron chi connectivity index (χ1n) is 39.0. The Morgan fingerprint density at radius 2 is 0.746 bits per heavy atom. The topological polar surface area (TPSA) is 702 Å². The number of carboxylic acids is 1. The van der Waals surface area contributed by atoms with E-state index in [1.807, 2.05) is 21.9 Å². The number of carbonyl (C=O) groups is 6. The van der Waals surface area contributed by atoms with Gasteiger partial charge in [0.05, 0.1) is 33.8 Å². The zero-order chi connectivity index (χ0) is 98.4. The Kier molecular flexibility index (Phi) is 39.7. The fraction of sp³-hybridized carbons (Fsp3) is 0.256. The van der Waals surface area contributed by atoms with Crippen LogP contribution in [-0.2, 0) is 42.6 Å². The largest absolute Gasteiger partial charge is 1.00 e. The van der Waals surface area contributed by atoms with E-state index in [-0.39, 0.29) is 83.8 Å². The van der Waals surface area contributed by atoms with E-state index in [0.717, 1.165) is 59.7 Å². The summed E-state index contributed by atoms with van der Waals surface area (Å²) in [6.07, 6.45) is -14.7. The molecule has 4 aliphatic heterocycles. The van der Waals surface area contributed by atoms with E-state index in [4.69, 9.17) is 59.2 Å². The zero-order valence-corrected chi connectivity index (χ0v) is 77.6. The van der Waals surface area contributed by atoms with Gasteiger partial charge < -0.3 is 63.8 Å². The number of azide groups is 4. The minimum atomic E-state index is -2.50. The number of benzene rings is 6. The van der Waals surface area contributed by atoms with Gasteiger partial charge in [0.25, 0.3) is 16.7 Å². The number of carbonyl (C=O) groups excluding carboxylic acids is 6. The van der Waals surface area contributed by atoms with Crippen molar-refractivity contribution in [1.82, 2.24) is 64.6 Å². The van der Waals surface area contributed by atoms with Crippen molar-refractivity contribution >= 4 is 81.0 Å². The smallest absolute Gasteiger partial charge is 0.545 e. The van der Waals surface area contributed by atoms with Gasteiger partial charge in [-0.3, -0.25) is 47.6 Å². The van der Waals surface area contributed by atoms with Gasteiger partial charge in [0.2, 0.25) is 11.4 Å². The van der Waals surface area contributed by atoms with Crippen LogP contribution in [0.4, 0.5) is 17.6 Å². The Balaban J connectivity index is 0.000000220. The van der Waals surface area contributed by atoms with Crippen LogP contribution in [0.5, 0.6) is 0 Å². The van der Waals surface area contributed by atoms with Gasteiger partial charge in [-0.05, 0) is 112 Å². The van der Waals surface area contributed by atoms with E-state index in [9.17, 15) is 82.5 Å². The number of H-pyrrole nitrogens is 3. The maximum atomic E-state index is 16.2. The maximum Gasteiger partial charge on any atom is 1.00 e. The van der Waals surface area contributed by atoms with E-state index in [1.165, 1.54) is 91.4 Å². The number of nitrogens with one attached hydrogen (secondary N) is 3. The number of aromatic carboxylic acids is 1. The minimum Gasteiger partial charge on any atom is -0.545 e. The molecule has 138 heavy (non-hydrogen) atoms. The summed E-state index contributed by atoms with van der Waals surface area (Å²) in [6.45, 7) is 3.45. The van der Waals surface area contributed by atoms with Gasteiger partial charge in [0, 0.05) is 71.5 Å². The Labute approximate surface area is 818 Å². The number of aliphatic hydroxyl groups excluding tert-OH is 1. The number of aromatic amines is 3. The number of aliphatic hydroxyl groups is 1. The molecule has 4 saturated heterocycles. The fourth-order valence-corrected chi connectivity index (χ4v) is 14.3. The molecular weight excluding hydrogens is 2070 g/mol. The first kappa shape index (κ1) is 108. The van der Waals surface area contributed by atoms with Crippen molar-refractivity contribution in [1.29, 1.82) is 0 Å². The number of hydrogen-bond acceptors (Lipinski definition) is 33. The summed E-state index contributed by atoms with van der Waals surface area (Å²) in [7, 11) is 0. The van der Waals surface area contributed by atoms with Gasteiger partial charge in [0.15, 0.2) is 85.2 Å². The van der Waals surface area contributed by atoms with Crippen molar-refractivity contribution in [3.05, 3.63) is 398 Å². The summed E-state index contributed by atoms with van der Waals surface area (Å²) in [4.78, 5) is 176. The first-order valence-corrected chi connectivity index (χ1v) is 42.1. The van der Waals surface area contributed by atoms with Crippen LogP contribution in [0.1, 0.15) is 94.0 Å². The molecule has 16 atom stereocenters. The molecule has 7 N–H and O–H groups in total. The summed E-state index contributed by atoms with van der Waals surface area (Å²) in [6, 6.07) is 51.2. The molecule has 0 unspecified atom stereocenters. The summed E-state index contributed by atoms with van der Waals surface area (Å²) in [5.41, 5.74) is 21.9. The number of nitrogens with zero attached hydrogens (tertiary/aromatic N) is 21. The standard InChI is InChI=1S/C24H18FN9O6.C23H18FN5O7.C16H13FIN5O5.C9H9FIN5O4.C7H6O2.C3H6.H3N.Na/c25-19-18(39-22(36)16-9-5-2-6-10-16)20(33-12-11-17(28-23(33)37)34-14-27-31-32-34)40-24(19,29-30-26)13-38-21(35)15-7-3-1-4-8-15;24-18-17(35-21(32)15-9-5-2-6-10-15)19(29-12-11-16(30)26-22(29)33)36-23(18,27-28-25)13-34-20(31)14-7-3-1-4-8-14;17-12-11(27-14(25)9-4-2-1-3-5-9)13(28-16(12,8-18)21-22-19)23-7-6-10(24)20-15(23)26;10-6-5(18)7(20-9(6,3-11)14-15-12)16-2-1-4(17)13-8(16)19;8-7(9)6-4-2-1-3-5-6;1-3-2;;/h1-12,14,18-20H,13H2;1-12,17-19H,13H2,(H,26,30,33);1-7,11-13H,8H2,(H,20,24,26);1-2,5-7,18H,3H2,(H,13,17,19);1-5H,(H,8,9);3H,1H2,2H3;1H3;/q;;;;;;;+1/p-1/t18-,19+,20-,24-;17-,18+,19-,23-;11-,12+,13-,16-;5-,6+,7-,9-;;;;/m1111..../s1. The molecule has 9 heterocycles. The third kappa shape index (κ3) is 26.2. The molecule has 11 aromatic rings. The molecule has 0 bridgehead atoms. The number of allylic oxidation sites excluding steroid dienone is 1. The second kappa shape index (κ2) is 50.6. The molecule has 5 aromatic heterocycles. The van der Waals surface area contributed by atoms with Crippen molar-refractivity contribution in [3.8, 4) is 5.82 Å². The van der Waals surface area contributed by atoms with Crippen LogP contribution >= 0.6 is 45.2 Å². The Morgan fingerprint density at radius 3 is 1.04 bits per heavy atom. The van der Waals surface area contributed by atoms with Crippen molar-refractivity contribution in [3.63, 3.8) is 0 Å². The second-order valence-corrected chi connectivity index (χ2v) is 29.5. The average Bonchev–Trinajstić information content (AvgIpc) is 1.65. The van der Waals surface area contributed by atoms with Crippen LogP contribution in [0.3, 0.4) is 0 Å². The van der Waals surface area contributed by atoms with E-state index < -0.39 is 185 Å². The molecule has 0 amide bonds. The Morgan fingerprint density at radius 1 is 0.464 bits per heavy atom. The SMILES string of the molecule is C=CC.N.O=C([O-])c1ccccc1.[N-]=[N+]=N[C@]1(CI)O[C@@H](n2ccc(=O)[nH]c2=O)[C@H](O)[C@@H]1F.[N-]=[N+]=N[C@]1(CI)O[C@@H](n2ccc(=O)[nH]c2=O)[C@H](OC(=O)c2ccccc2)[C@@H]1F.[N-]=[N+]=N[C@]1(COC(=O)c2ccccc2)O[C@@H](n2ccc(-n3cnnn3)nc2=O)[C@H](OC(=O)c2ccccc2)[C@@H]1F.[N-]=[N+]=N[C@]1(COC(=O)c2ccccc2)O[C@@H](n2ccc(=O)[nH]c2=O)[C@H](OC(=O)c2ccccc2)[C@@H]1F.[Na+]. The van der Waals surface area contributed by atoms with E-state index in [0.29, 0.717) is 0 Å². The van der Waals surface area contributed by atoms with Crippen LogP contribution < -0.4 is 80.3 Å². The third-order valence-electron chi connectivity index (χ3n) is 19.2. The molecule has 0 radical (unpaired) electrons. The van der Waals surface area contributed by atoms with Gasteiger partial charge in [-0.15, -0.1) is 11.7 Å². The quantitative estimate of drug-likeness (QED) is 0.00486. The minimum absolute atomic E-state index is 0. The monoisotopic (exact) mass is 2140 g/mol. The van der Waals surface area contributed by atoms with Crippen molar-refractivity contribution < 1.29 is 129 Å². The number of alkyl halides is 6. The molecule has 4 aliphatic rings. The zero-order valence-electron chi connectivity index (χ0n) is 71.3. The van der Waals surface area contributed by atoms with Gasteiger partial charge in [0.1, 0.15) is 25.6 Å². The van der Waals surface area contributed by atoms with Gasteiger partial charge in [-0.1, -0.05) is 193 Å².